The van der Waals surface area contributed by atoms with Crippen molar-refractivity contribution in [2.24, 2.45) is 0 Å². The Balaban J connectivity index is 0.000000457. The van der Waals surface area contributed by atoms with E-state index in [2.05, 4.69) is 41.5 Å². The van der Waals surface area contributed by atoms with Crippen LogP contribution in [0.15, 0.2) is 24.3 Å². The second-order valence-corrected chi connectivity index (χ2v) is 3.99. The van der Waals surface area contributed by atoms with Gasteiger partial charge in [0.05, 0.1) is 0 Å². The molecule has 0 spiro atoms. The minimum atomic E-state index is 0.464. The second kappa shape index (κ2) is 4.71. The third-order valence-corrected chi connectivity index (χ3v) is 3.11. The van der Waals surface area contributed by atoms with Crippen LogP contribution in [0.3, 0.4) is 0 Å². The van der Waals surface area contributed by atoms with E-state index in [9.17, 15) is 0 Å². The van der Waals surface area contributed by atoms with Crippen molar-refractivity contribution in [3.63, 3.8) is 0 Å². The average Bonchev–Trinajstić information content (AvgIpc) is 2.72. The summed E-state index contributed by atoms with van der Waals surface area (Å²) in [5.74, 6) is 0. The van der Waals surface area contributed by atoms with Crippen LogP contribution >= 0.6 is 0 Å². The molecule has 16 heavy (non-hydrogen) atoms. The number of benzene rings is 1. The molecule has 1 aromatic carbocycles. The molecule has 1 unspecified atom stereocenters. The summed E-state index contributed by atoms with van der Waals surface area (Å²) in [6.45, 7) is 7.31. The summed E-state index contributed by atoms with van der Waals surface area (Å²) in [6, 6.07) is 9.03. The van der Waals surface area contributed by atoms with Crippen LogP contribution in [0.1, 0.15) is 38.1 Å². The molecular weight excluding hydrogens is 196 g/mol. The Labute approximate surface area is 97.1 Å². The average molecular weight is 216 g/mol. The first-order chi connectivity index (χ1) is 7.86. The smallest absolute Gasteiger partial charge is 0.0459 e. The van der Waals surface area contributed by atoms with E-state index in [0.29, 0.717) is 6.04 Å². The van der Waals surface area contributed by atoms with Crippen LogP contribution in [-0.4, -0.2) is 11.5 Å². The molecule has 2 N–H and O–H groups in total. The zero-order valence-corrected chi connectivity index (χ0v) is 10.3. The van der Waals surface area contributed by atoms with E-state index in [4.69, 9.17) is 0 Å². The lowest BCUT2D eigenvalue weighted by Crippen LogP contribution is -2.27. The fourth-order valence-electron chi connectivity index (χ4n) is 2.38. The largest absolute Gasteiger partial charge is 0.357 e. The van der Waals surface area contributed by atoms with Gasteiger partial charge in [0.2, 0.25) is 0 Å². The molecule has 0 fully saturated rings. The van der Waals surface area contributed by atoms with Gasteiger partial charge in [-0.3, -0.25) is 0 Å². The Bertz CT molecular complexity index is 471. The number of rotatable bonds is 0. The maximum Gasteiger partial charge on any atom is 0.0459 e. The number of hydrogen-bond donors (Lipinski definition) is 2. The van der Waals surface area contributed by atoms with Gasteiger partial charge in [-0.05, 0) is 31.5 Å². The van der Waals surface area contributed by atoms with Crippen LogP contribution in [0.25, 0.3) is 10.9 Å². The molecule has 0 amide bonds. The summed E-state index contributed by atoms with van der Waals surface area (Å²) in [5.41, 5.74) is 4.15. The summed E-state index contributed by atoms with van der Waals surface area (Å²) in [4.78, 5) is 3.50. The predicted molar refractivity (Wildman–Crippen MR) is 69.8 cm³/mol. The van der Waals surface area contributed by atoms with Crippen molar-refractivity contribution in [1.82, 2.24) is 10.3 Å². The van der Waals surface area contributed by atoms with Gasteiger partial charge in [-0.25, -0.2) is 0 Å². The summed E-state index contributed by atoms with van der Waals surface area (Å²) in [6.07, 6.45) is 1.14. The number of H-pyrrole nitrogens is 1. The lowest BCUT2D eigenvalue weighted by molar-refractivity contribution is 0.533. The van der Waals surface area contributed by atoms with Gasteiger partial charge in [0, 0.05) is 22.6 Å². The van der Waals surface area contributed by atoms with E-state index in [0.717, 1.165) is 13.0 Å². The highest BCUT2D eigenvalue weighted by atomic mass is 15.0. The van der Waals surface area contributed by atoms with Crippen LogP contribution in [-0.2, 0) is 6.42 Å². The molecule has 0 saturated carbocycles. The normalized spacial score (nSPS) is 18.8. The molecule has 2 heterocycles. The van der Waals surface area contributed by atoms with Gasteiger partial charge in [0.15, 0.2) is 0 Å². The zero-order chi connectivity index (χ0) is 11.5. The van der Waals surface area contributed by atoms with E-state index < -0.39 is 0 Å². The van der Waals surface area contributed by atoms with Gasteiger partial charge in [-0.1, -0.05) is 32.0 Å². The molecule has 1 aliphatic heterocycles. The van der Waals surface area contributed by atoms with Gasteiger partial charge in [0.1, 0.15) is 0 Å². The van der Waals surface area contributed by atoms with Crippen LogP contribution < -0.4 is 5.32 Å². The van der Waals surface area contributed by atoms with Crippen molar-refractivity contribution in [2.75, 3.05) is 6.54 Å². The van der Waals surface area contributed by atoms with Gasteiger partial charge in [-0.2, -0.15) is 0 Å². The second-order valence-electron chi connectivity index (χ2n) is 3.99. The van der Waals surface area contributed by atoms with Crippen molar-refractivity contribution in [3.8, 4) is 0 Å². The van der Waals surface area contributed by atoms with E-state index >= 15 is 0 Å². The minimum Gasteiger partial charge on any atom is -0.357 e. The molecule has 2 heteroatoms. The lowest BCUT2D eigenvalue weighted by atomic mass is 10.0. The van der Waals surface area contributed by atoms with Crippen molar-refractivity contribution >= 4 is 10.9 Å². The van der Waals surface area contributed by atoms with Crippen LogP contribution in [0, 0.1) is 0 Å². The monoisotopic (exact) mass is 216 g/mol. The molecule has 2 nitrogen and oxygen atoms in total. The molecule has 0 bridgehead atoms. The molecule has 1 atom stereocenters. The molecule has 0 aliphatic carbocycles. The maximum absolute atomic E-state index is 3.50. The van der Waals surface area contributed by atoms with Gasteiger partial charge >= 0.3 is 0 Å². The molecule has 86 valence electrons. The summed E-state index contributed by atoms with van der Waals surface area (Å²) >= 11 is 0. The first-order valence-electron chi connectivity index (χ1n) is 6.19. The zero-order valence-electron chi connectivity index (χ0n) is 10.3. The summed E-state index contributed by atoms with van der Waals surface area (Å²) in [7, 11) is 0. The third kappa shape index (κ3) is 1.74. The number of aromatic nitrogens is 1. The molecular formula is C14H20N2. The standard InChI is InChI=1S/C12H14N2.C2H6/c1-8-12-10(6-7-13-8)9-4-2-3-5-11(9)14-12;1-2/h2-5,8,13-14H,6-7H2,1H3;1-2H3. The van der Waals surface area contributed by atoms with Crippen molar-refractivity contribution in [1.29, 1.82) is 0 Å². The van der Waals surface area contributed by atoms with Crippen molar-refractivity contribution in [2.45, 2.75) is 33.2 Å². The topological polar surface area (TPSA) is 27.8 Å². The molecule has 3 rings (SSSR count). The number of para-hydroxylation sites is 1. The highest BCUT2D eigenvalue weighted by Gasteiger charge is 2.19. The Hall–Kier alpha value is -1.28. The summed E-state index contributed by atoms with van der Waals surface area (Å²) in [5, 5.41) is 4.87. The maximum atomic E-state index is 3.50. The molecule has 0 radical (unpaired) electrons. The molecule has 1 aliphatic rings. The van der Waals surface area contributed by atoms with Gasteiger partial charge in [0.25, 0.3) is 0 Å². The van der Waals surface area contributed by atoms with E-state index in [1.807, 2.05) is 13.8 Å². The van der Waals surface area contributed by atoms with Gasteiger partial charge in [-0.15, -0.1) is 0 Å². The first kappa shape index (κ1) is 11.2. The Morgan fingerprint density at radius 3 is 2.75 bits per heavy atom. The van der Waals surface area contributed by atoms with Gasteiger partial charge < -0.3 is 10.3 Å². The number of aromatic amines is 1. The SMILES string of the molecule is CC.CC1NCCc2c1[nH]c1ccccc21. The van der Waals surface area contributed by atoms with Crippen LogP contribution in [0.5, 0.6) is 0 Å². The fraction of sp³-hybridized carbons (Fsp3) is 0.429. The fourth-order valence-corrected chi connectivity index (χ4v) is 2.38. The van der Waals surface area contributed by atoms with E-state index in [1.165, 1.54) is 22.2 Å². The van der Waals surface area contributed by atoms with Crippen LogP contribution in [0.2, 0.25) is 0 Å². The molecule has 0 saturated heterocycles. The predicted octanol–water partition coefficient (Wildman–Crippen LogP) is 3.40. The van der Waals surface area contributed by atoms with Crippen molar-refractivity contribution < 1.29 is 0 Å². The van der Waals surface area contributed by atoms with E-state index in [-0.39, 0.29) is 0 Å². The highest BCUT2D eigenvalue weighted by Crippen LogP contribution is 2.29. The summed E-state index contributed by atoms with van der Waals surface area (Å²) < 4.78 is 0. The first-order valence-corrected chi connectivity index (χ1v) is 6.19. The quantitative estimate of drug-likeness (QED) is 0.694. The number of fused-ring (bicyclic) bond motifs is 3. The Morgan fingerprint density at radius 2 is 1.94 bits per heavy atom. The molecule has 1 aromatic heterocycles. The Morgan fingerprint density at radius 1 is 1.19 bits per heavy atom. The number of nitrogens with one attached hydrogen (secondary N) is 2. The number of hydrogen-bond acceptors (Lipinski definition) is 1. The van der Waals surface area contributed by atoms with E-state index in [1.54, 1.807) is 0 Å². The highest BCUT2D eigenvalue weighted by molar-refractivity contribution is 5.85. The lowest BCUT2D eigenvalue weighted by Gasteiger charge is -2.20. The Kier molecular flexibility index (Phi) is 3.30. The van der Waals surface area contributed by atoms with Crippen LogP contribution in [0.4, 0.5) is 0 Å². The van der Waals surface area contributed by atoms with Crippen molar-refractivity contribution in [3.05, 3.63) is 35.5 Å². The molecule has 2 aromatic rings. The minimum absolute atomic E-state index is 0.464. The third-order valence-electron chi connectivity index (χ3n) is 3.11.